The highest BCUT2D eigenvalue weighted by Gasteiger charge is 1.99. The largest absolute Gasteiger partial charge is 0.370 e. The van der Waals surface area contributed by atoms with Gasteiger partial charge in [-0.25, -0.2) is 0 Å². The van der Waals surface area contributed by atoms with Crippen LogP contribution in [0.1, 0.15) is 26.2 Å². The molecule has 0 aliphatic carbocycles. The number of carbonyl (C=O) groups is 3. The van der Waals surface area contributed by atoms with Crippen LogP contribution >= 0.6 is 0 Å². The zero-order chi connectivity index (χ0) is 11.6. The fourth-order valence-electron chi connectivity index (χ4n) is 0.365. The van der Waals surface area contributed by atoms with Crippen molar-refractivity contribution in [2.45, 2.75) is 26.2 Å². The first-order chi connectivity index (χ1) is 6.43. The van der Waals surface area contributed by atoms with Gasteiger partial charge in [-0.3, -0.25) is 14.4 Å². The molecule has 82 valence electrons. The molecule has 0 spiro atoms. The summed E-state index contributed by atoms with van der Waals surface area (Å²) in [6, 6.07) is 0. The van der Waals surface area contributed by atoms with Crippen LogP contribution in [0.3, 0.4) is 0 Å². The second-order valence-corrected chi connectivity index (χ2v) is 2.53. The van der Waals surface area contributed by atoms with E-state index in [1.807, 2.05) is 0 Å². The first kappa shape index (κ1) is 15.1. The molecule has 0 fully saturated rings. The number of nitrogens with two attached hydrogens (primary N) is 3. The number of hydrogen-bond donors (Lipinski definition) is 3. The van der Waals surface area contributed by atoms with Crippen molar-refractivity contribution in [3.05, 3.63) is 0 Å². The van der Waals surface area contributed by atoms with Crippen LogP contribution in [0.15, 0.2) is 0 Å². The number of amides is 2. The summed E-state index contributed by atoms with van der Waals surface area (Å²) >= 11 is 0. The lowest BCUT2D eigenvalue weighted by molar-refractivity contribution is -0.123. The monoisotopic (exact) mass is 203 g/mol. The number of hydrogen-bond acceptors (Lipinski definition) is 4. The van der Waals surface area contributed by atoms with Crippen molar-refractivity contribution in [3.63, 3.8) is 0 Å². The molecule has 0 aromatic rings. The first-order valence-electron chi connectivity index (χ1n) is 4.22. The van der Waals surface area contributed by atoms with Gasteiger partial charge in [-0.1, -0.05) is 6.92 Å². The highest BCUT2D eigenvalue weighted by molar-refractivity contribution is 5.85. The van der Waals surface area contributed by atoms with Crippen LogP contribution in [-0.4, -0.2) is 24.1 Å². The molecule has 0 bridgehead atoms. The number of ketones is 1. The van der Waals surface area contributed by atoms with Gasteiger partial charge in [0.1, 0.15) is 5.78 Å². The SMILES string of the molecule is CCC(N)=O.NCC(=O)CCC(N)=O. The summed E-state index contributed by atoms with van der Waals surface area (Å²) in [4.78, 5) is 30.0. The molecular formula is C8H17N3O3. The van der Waals surface area contributed by atoms with Gasteiger partial charge < -0.3 is 17.2 Å². The molecule has 2 amide bonds. The topological polar surface area (TPSA) is 129 Å². The maximum atomic E-state index is 10.4. The van der Waals surface area contributed by atoms with Crippen molar-refractivity contribution in [1.82, 2.24) is 0 Å². The maximum absolute atomic E-state index is 10.4. The summed E-state index contributed by atoms with van der Waals surface area (Å²) in [5, 5.41) is 0. The summed E-state index contributed by atoms with van der Waals surface area (Å²) in [6.45, 7) is 1.72. The molecule has 6 nitrogen and oxygen atoms in total. The van der Waals surface area contributed by atoms with E-state index < -0.39 is 5.91 Å². The summed E-state index contributed by atoms with van der Waals surface area (Å²) < 4.78 is 0. The van der Waals surface area contributed by atoms with E-state index in [9.17, 15) is 14.4 Å². The molecule has 0 atom stereocenters. The molecule has 0 saturated carbocycles. The summed E-state index contributed by atoms with van der Waals surface area (Å²) in [6.07, 6.45) is 0.724. The van der Waals surface area contributed by atoms with Gasteiger partial charge in [0.2, 0.25) is 11.8 Å². The van der Waals surface area contributed by atoms with Crippen molar-refractivity contribution in [2.24, 2.45) is 17.2 Å². The van der Waals surface area contributed by atoms with Crippen LogP contribution in [0.5, 0.6) is 0 Å². The van der Waals surface area contributed by atoms with E-state index in [4.69, 9.17) is 11.5 Å². The lowest BCUT2D eigenvalue weighted by atomic mass is 10.2. The van der Waals surface area contributed by atoms with Gasteiger partial charge in [0.05, 0.1) is 6.54 Å². The van der Waals surface area contributed by atoms with Crippen molar-refractivity contribution >= 4 is 17.6 Å². The Morgan fingerprint density at radius 1 is 1.00 bits per heavy atom. The number of carbonyl (C=O) groups excluding carboxylic acids is 3. The van der Waals surface area contributed by atoms with Gasteiger partial charge >= 0.3 is 0 Å². The van der Waals surface area contributed by atoms with E-state index in [-0.39, 0.29) is 31.1 Å². The maximum Gasteiger partial charge on any atom is 0.217 e. The highest BCUT2D eigenvalue weighted by Crippen LogP contribution is 1.86. The average Bonchev–Trinajstić information content (AvgIpc) is 2.14. The number of Topliss-reactive ketones (excluding diaryl/α,β-unsaturated/α-hetero) is 1. The Labute approximate surface area is 82.8 Å². The van der Waals surface area contributed by atoms with E-state index in [0.29, 0.717) is 6.42 Å². The van der Waals surface area contributed by atoms with Crippen LogP contribution in [0, 0.1) is 0 Å². The van der Waals surface area contributed by atoms with Crippen molar-refractivity contribution in [2.75, 3.05) is 6.54 Å². The normalized spacial score (nSPS) is 8.43. The molecule has 0 aliphatic rings. The molecule has 0 aromatic heterocycles. The van der Waals surface area contributed by atoms with Crippen LogP contribution in [0.25, 0.3) is 0 Å². The molecule has 0 rings (SSSR count). The quantitative estimate of drug-likeness (QED) is 0.510. The van der Waals surface area contributed by atoms with E-state index in [1.165, 1.54) is 0 Å². The van der Waals surface area contributed by atoms with Crippen molar-refractivity contribution < 1.29 is 14.4 Å². The number of primary amides is 2. The summed E-state index contributed by atoms with van der Waals surface area (Å²) in [7, 11) is 0. The Kier molecular flexibility index (Phi) is 10.4. The summed E-state index contributed by atoms with van der Waals surface area (Å²) in [5.74, 6) is -0.837. The minimum Gasteiger partial charge on any atom is -0.370 e. The molecule has 0 aromatic carbocycles. The molecule has 6 heteroatoms. The predicted molar refractivity (Wildman–Crippen MR) is 52.0 cm³/mol. The molecule has 0 unspecified atom stereocenters. The molecule has 0 heterocycles. The second-order valence-electron chi connectivity index (χ2n) is 2.53. The average molecular weight is 203 g/mol. The van der Waals surface area contributed by atoms with Gasteiger partial charge in [0.15, 0.2) is 0 Å². The van der Waals surface area contributed by atoms with Gasteiger partial charge in [-0.05, 0) is 0 Å². The van der Waals surface area contributed by atoms with Gasteiger partial charge in [-0.2, -0.15) is 0 Å². The Balaban J connectivity index is 0. The molecule has 14 heavy (non-hydrogen) atoms. The standard InChI is InChI=1S/C5H10N2O2.C3H7NO/c6-3-4(8)1-2-5(7)9;1-2-3(4)5/h1-3,6H2,(H2,7,9);2H2,1H3,(H2,4,5). The molecule has 0 radical (unpaired) electrons. The summed E-state index contributed by atoms with van der Waals surface area (Å²) in [5.41, 5.74) is 14.4. The third kappa shape index (κ3) is 16.9. The van der Waals surface area contributed by atoms with Gasteiger partial charge in [0, 0.05) is 19.3 Å². The van der Waals surface area contributed by atoms with Crippen LogP contribution in [0.2, 0.25) is 0 Å². The van der Waals surface area contributed by atoms with E-state index in [0.717, 1.165) is 0 Å². The molecule has 0 aliphatic heterocycles. The zero-order valence-corrected chi connectivity index (χ0v) is 8.29. The zero-order valence-electron chi connectivity index (χ0n) is 8.29. The molecular weight excluding hydrogens is 186 g/mol. The van der Waals surface area contributed by atoms with Gasteiger partial charge in [0.25, 0.3) is 0 Å². The Bertz CT molecular complexity index is 204. The Hall–Kier alpha value is -1.43. The van der Waals surface area contributed by atoms with E-state index in [2.05, 4.69) is 5.73 Å². The minimum atomic E-state index is -0.461. The van der Waals surface area contributed by atoms with Crippen molar-refractivity contribution in [3.8, 4) is 0 Å². The third-order valence-corrected chi connectivity index (χ3v) is 1.23. The minimum absolute atomic E-state index is 0.00667. The van der Waals surface area contributed by atoms with E-state index in [1.54, 1.807) is 6.92 Å². The fraction of sp³-hybridized carbons (Fsp3) is 0.625. The third-order valence-electron chi connectivity index (χ3n) is 1.23. The van der Waals surface area contributed by atoms with Gasteiger partial charge in [-0.15, -0.1) is 0 Å². The molecule has 0 saturated heterocycles. The van der Waals surface area contributed by atoms with Crippen LogP contribution < -0.4 is 17.2 Å². The van der Waals surface area contributed by atoms with E-state index >= 15 is 0 Å². The fourth-order valence-corrected chi connectivity index (χ4v) is 0.365. The second kappa shape index (κ2) is 9.66. The lowest BCUT2D eigenvalue weighted by Crippen LogP contribution is -2.17. The lowest BCUT2D eigenvalue weighted by Gasteiger charge is -1.91. The van der Waals surface area contributed by atoms with Crippen LogP contribution in [-0.2, 0) is 14.4 Å². The first-order valence-corrected chi connectivity index (χ1v) is 4.22. The smallest absolute Gasteiger partial charge is 0.217 e. The number of rotatable bonds is 5. The Morgan fingerprint density at radius 2 is 1.43 bits per heavy atom. The van der Waals surface area contributed by atoms with Crippen molar-refractivity contribution in [1.29, 1.82) is 0 Å². The molecule has 6 N–H and O–H groups in total. The predicted octanol–water partition coefficient (Wildman–Crippen LogP) is -1.34. The Morgan fingerprint density at radius 3 is 1.64 bits per heavy atom. The highest BCUT2D eigenvalue weighted by atomic mass is 16.1. The van der Waals surface area contributed by atoms with Crippen LogP contribution in [0.4, 0.5) is 0 Å².